The van der Waals surface area contributed by atoms with E-state index in [4.69, 9.17) is 16.3 Å². The number of carbonyl (C=O) groups excluding carboxylic acids is 1. The third-order valence-corrected chi connectivity index (χ3v) is 4.83. The molecule has 0 saturated carbocycles. The summed E-state index contributed by atoms with van der Waals surface area (Å²) in [4.78, 5) is 14.9. The molecule has 122 valence electrons. The minimum Gasteiger partial charge on any atom is -0.463 e. The molecule has 4 heteroatoms. The van der Waals surface area contributed by atoms with Gasteiger partial charge in [0.05, 0.1) is 11.3 Å². The molecule has 3 rings (SSSR count). The average Bonchev–Trinajstić information content (AvgIpc) is 2.47. The minimum absolute atomic E-state index is 0.0240. The molecule has 1 aliphatic carbocycles. The minimum atomic E-state index is 0.0240. The Balaban J connectivity index is 1.94. The van der Waals surface area contributed by atoms with Crippen LogP contribution in [0.4, 0.5) is 0 Å². The molecule has 1 aliphatic heterocycles. The fourth-order valence-corrected chi connectivity index (χ4v) is 3.50. The standard InChI is InChI=1S/C19H22ClNO2/c1-19(2)10-15-18(16(22)11-19)13(8-9-21(15)3)12-23-17-7-5-4-6-14(17)20/h4-7,12H,8-11H2,1-3H3/b13-12+. The number of para-hydroxylation sites is 1. The van der Waals surface area contributed by atoms with Crippen LogP contribution in [-0.2, 0) is 4.79 Å². The molecule has 0 saturated heterocycles. The first-order valence-electron chi connectivity index (χ1n) is 7.95. The molecule has 0 fully saturated rings. The molecule has 0 radical (unpaired) electrons. The third-order valence-electron chi connectivity index (χ3n) is 4.52. The maximum absolute atomic E-state index is 12.7. The van der Waals surface area contributed by atoms with Crippen LogP contribution >= 0.6 is 11.6 Å². The number of ether oxygens (including phenoxy) is 1. The van der Waals surface area contributed by atoms with Crippen molar-refractivity contribution in [3.8, 4) is 5.75 Å². The lowest BCUT2D eigenvalue weighted by atomic mass is 9.72. The summed E-state index contributed by atoms with van der Waals surface area (Å²) in [6.45, 7) is 5.21. The maximum atomic E-state index is 12.7. The van der Waals surface area contributed by atoms with Crippen LogP contribution in [0.3, 0.4) is 0 Å². The molecule has 0 amide bonds. The number of hydrogen-bond donors (Lipinski definition) is 0. The van der Waals surface area contributed by atoms with Gasteiger partial charge in [-0.2, -0.15) is 0 Å². The number of carbonyl (C=O) groups is 1. The van der Waals surface area contributed by atoms with Gasteiger partial charge in [0.1, 0.15) is 5.75 Å². The molecule has 0 N–H and O–H groups in total. The highest BCUT2D eigenvalue weighted by molar-refractivity contribution is 6.32. The van der Waals surface area contributed by atoms with Crippen LogP contribution in [-0.4, -0.2) is 24.3 Å². The predicted molar refractivity (Wildman–Crippen MR) is 92.5 cm³/mol. The van der Waals surface area contributed by atoms with Crippen LogP contribution in [0, 0.1) is 5.41 Å². The number of rotatable bonds is 2. The summed E-state index contributed by atoms with van der Waals surface area (Å²) >= 11 is 6.13. The van der Waals surface area contributed by atoms with Crippen molar-refractivity contribution < 1.29 is 9.53 Å². The van der Waals surface area contributed by atoms with E-state index in [9.17, 15) is 4.79 Å². The Morgan fingerprint density at radius 1 is 1.26 bits per heavy atom. The molecule has 0 atom stereocenters. The monoisotopic (exact) mass is 331 g/mol. The summed E-state index contributed by atoms with van der Waals surface area (Å²) in [6.07, 6.45) is 4.03. The Morgan fingerprint density at radius 3 is 2.74 bits per heavy atom. The summed E-state index contributed by atoms with van der Waals surface area (Å²) in [6, 6.07) is 7.37. The van der Waals surface area contributed by atoms with Crippen molar-refractivity contribution in [2.75, 3.05) is 13.6 Å². The number of ketones is 1. The molecule has 1 aromatic rings. The van der Waals surface area contributed by atoms with Gasteiger partial charge in [0.2, 0.25) is 0 Å². The quantitative estimate of drug-likeness (QED) is 0.743. The number of nitrogens with zero attached hydrogens (tertiary/aromatic N) is 1. The van der Waals surface area contributed by atoms with Gasteiger partial charge in [0.25, 0.3) is 0 Å². The Kier molecular flexibility index (Phi) is 4.24. The summed E-state index contributed by atoms with van der Waals surface area (Å²) in [5.74, 6) is 0.836. The first-order valence-corrected chi connectivity index (χ1v) is 8.33. The lowest BCUT2D eigenvalue weighted by Gasteiger charge is -2.40. The van der Waals surface area contributed by atoms with E-state index in [0.717, 1.165) is 36.2 Å². The summed E-state index contributed by atoms with van der Waals surface area (Å²) in [7, 11) is 2.07. The molecule has 0 unspecified atom stereocenters. The molecule has 0 aromatic heterocycles. The average molecular weight is 332 g/mol. The summed E-state index contributed by atoms with van der Waals surface area (Å²) in [5, 5.41) is 0.572. The van der Waals surface area contributed by atoms with Crippen molar-refractivity contribution in [2.24, 2.45) is 5.41 Å². The maximum Gasteiger partial charge on any atom is 0.165 e. The normalized spacial score (nSPS) is 22.3. The zero-order chi connectivity index (χ0) is 16.6. The fraction of sp³-hybridized carbons (Fsp3) is 0.421. The van der Waals surface area contributed by atoms with E-state index in [-0.39, 0.29) is 11.2 Å². The molecular formula is C19H22ClNO2. The smallest absolute Gasteiger partial charge is 0.165 e. The highest BCUT2D eigenvalue weighted by atomic mass is 35.5. The van der Waals surface area contributed by atoms with Crippen LogP contribution in [0.5, 0.6) is 5.75 Å². The Labute approximate surface area is 142 Å². The van der Waals surface area contributed by atoms with Crippen molar-refractivity contribution in [3.63, 3.8) is 0 Å². The Hall–Kier alpha value is -1.74. The van der Waals surface area contributed by atoms with Gasteiger partial charge in [0.15, 0.2) is 5.78 Å². The van der Waals surface area contributed by atoms with Gasteiger partial charge in [-0.05, 0) is 30.4 Å². The van der Waals surface area contributed by atoms with Crippen molar-refractivity contribution >= 4 is 17.4 Å². The lowest BCUT2D eigenvalue weighted by Crippen LogP contribution is -2.36. The second-order valence-electron chi connectivity index (χ2n) is 7.13. The van der Waals surface area contributed by atoms with Gasteiger partial charge >= 0.3 is 0 Å². The second-order valence-corrected chi connectivity index (χ2v) is 7.53. The van der Waals surface area contributed by atoms with Crippen LogP contribution in [0.2, 0.25) is 5.02 Å². The zero-order valence-electron chi connectivity index (χ0n) is 13.9. The number of Topliss-reactive ketones (excluding diaryl/α,β-unsaturated/α-hetero) is 1. The SMILES string of the molecule is CN1CC/C(=C\Oc2ccccc2Cl)C2=C1CC(C)(C)CC2=O. The van der Waals surface area contributed by atoms with E-state index in [1.807, 2.05) is 18.2 Å². The third kappa shape index (κ3) is 3.30. The molecule has 2 aliphatic rings. The second kappa shape index (κ2) is 6.04. The van der Waals surface area contributed by atoms with E-state index in [1.54, 1.807) is 12.3 Å². The molecule has 0 bridgehead atoms. The Morgan fingerprint density at radius 2 is 2.00 bits per heavy atom. The topological polar surface area (TPSA) is 29.5 Å². The van der Waals surface area contributed by atoms with E-state index in [1.165, 1.54) is 0 Å². The Bertz CT molecular complexity index is 703. The van der Waals surface area contributed by atoms with Gasteiger partial charge in [-0.25, -0.2) is 0 Å². The zero-order valence-corrected chi connectivity index (χ0v) is 14.6. The van der Waals surface area contributed by atoms with Crippen LogP contribution in [0.25, 0.3) is 0 Å². The van der Waals surface area contributed by atoms with E-state index in [0.29, 0.717) is 17.2 Å². The molecule has 0 spiro atoms. The van der Waals surface area contributed by atoms with Crippen molar-refractivity contribution in [1.82, 2.24) is 4.90 Å². The van der Waals surface area contributed by atoms with Gasteiger partial charge in [-0.1, -0.05) is 37.6 Å². The van der Waals surface area contributed by atoms with E-state index >= 15 is 0 Å². The van der Waals surface area contributed by atoms with E-state index in [2.05, 4.69) is 25.8 Å². The largest absolute Gasteiger partial charge is 0.463 e. The van der Waals surface area contributed by atoms with Crippen LogP contribution in [0.15, 0.2) is 47.4 Å². The van der Waals surface area contributed by atoms with E-state index < -0.39 is 0 Å². The van der Waals surface area contributed by atoms with Crippen molar-refractivity contribution in [1.29, 1.82) is 0 Å². The molecule has 3 nitrogen and oxygen atoms in total. The van der Waals surface area contributed by atoms with Crippen LogP contribution in [0.1, 0.15) is 33.1 Å². The highest BCUT2D eigenvalue weighted by Gasteiger charge is 2.37. The molecule has 1 heterocycles. The van der Waals surface area contributed by atoms with Gasteiger partial charge in [0, 0.05) is 36.9 Å². The number of halogens is 1. The number of allylic oxidation sites excluding steroid dienone is 2. The number of hydrogen-bond acceptors (Lipinski definition) is 3. The lowest BCUT2D eigenvalue weighted by molar-refractivity contribution is -0.118. The highest BCUT2D eigenvalue weighted by Crippen LogP contribution is 2.42. The summed E-state index contributed by atoms with van der Waals surface area (Å²) in [5.41, 5.74) is 3.01. The van der Waals surface area contributed by atoms with Gasteiger partial charge in [-0.3, -0.25) is 4.79 Å². The van der Waals surface area contributed by atoms with Gasteiger partial charge < -0.3 is 9.64 Å². The van der Waals surface area contributed by atoms with Crippen molar-refractivity contribution in [2.45, 2.75) is 33.1 Å². The summed E-state index contributed by atoms with van der Waals surface area (Å²) < 4.78 is 5.76. The first-order chi connectivity index (χ1) is 10.9. The molecular weight excluding hydrogens is 310 g/mol. The van der Waals surface area contributed by atoms with Crippen molar-refractivity contribution in [3.05, 3.63) is 52.4 Å². The van der Waals surface area contributed by atoms with Crippen LogP contribution < -0.4 is 4.74 Å². The number of benzene rings is 1. The van der Waals surface area contributed by atoms with Gasteiger partial charge in [-0.15, -0.1) is 0 Å². The first kappa shape index (κ1) is 16.1. The molecule has 1 aromatic carbocycles. The molecule has 23 heavy (non-hydrogen) atoms. The predicted octanol–water partition coefficient (Wildman–Crippen LogP) is 4.58. The fourth-order valence-electron chi connectivity index (χ4n) is 3.32.